The van der Waals surface area contributed by atoms with Crippen LogP contribution in [0.4, 0.5) is 0 Å². The van der Waals surface area contributed by atoms with E-state index in [1.807, 2.05) is 0 Å². The van der Waals surface area contributed by atoms with E-state index in [4.69, 9.17) is 0 Å². The topological polar surface area (TPSA) is 15.3 Å². The molecule has 20 heavy (non-hydrogen) atoms. The minimum atomic E-state index is 0.597. The Morgan fingerprint density at radius 3 is 2.35 bits per heavy atom. The van der Waals surface area contributed by atoms with Gasteiger partial charge in [-0.1, -0.05) is 34.1 Å². The van der Waals surface area contributed by atoms with Gasteiger partial charge in [-0.25, -0.2) is 0 Å². The van der Waals surface area contributed by atoms with Crippen LogP contribution >= 0.6 is 0 Å². The lowest BCUT2D eigenvalue weighted by molar-refractivity contribution is 0.126. The molecule has 1 fully saturated rings. The van der Waals surface area contributed by atoms with Crippen LogP contribution in [0.1, 0.15) is 72.6 Å². The van der Waals surface area contributed by atoms with Gasteiger partial charge in [0, 0.05) is 6.04 Å². The van der Waals surface area contributed by atoms with Gasteiger partial charge in [0.15, 0.2) is 0 Å². The highest BCUT2D eigenvalue weighted by Crippen LogP contribution is 2.36. The fraction of sp³-hybridized carbons (Fsp3) is 1.00. The summed E-state index contributed by atoms with van der Waals surface area (Å²) in [5.74, 6) is 0.775. The first-order chi connectivity index (χ1) is 9.41. The minimum absolute atomic E-state index is 0.597. The molecule has 1 saturated carbocycles. The molecule has 1 aliphatic carbocycles. The van der Waals surface area contributed by atoms with Crippen LogP contribution in [0, 0.1) is 11.3 Å². The summed E-state index contributed by atoms with van der Waals surface area (Å²) in [4.78, 5) is 2.62. The number of nitrogens with zero attached hydrogens (tertiary/aromatic N) is 1. The molecule has 2 nitrogen and oxygen atoms in total. The van der Waals surface area contributed by atoms with Crippen molar-refractivity contribution in [2.75, 3.05) is 26.7 Å². The second kappa shape index (κ2) is 9.04. The third-order valence-electron chi connectivity index (χ3n) is 4.85. The summed E-state index contributed by atoms with van der Waals surface area (Å²) in [6, 6.07) is 0.849. The highest BCUT2D eigenvalue weighted by Gasteiger charge is 2.28. The van der Waals surface area contributed by atoms with Crippen LogP contribution in [0.2, 0.25) is 0 Å². The maximum absolute atomic E-state index is 3.53. The van der Waals surface area contributed by atoms with E-state index in [0.29, 0.717) is 5.41 Å². The Hall–Kier alpha value is -0.0800. The zero-order valence-corrected chi connectivity index (χ0v) is 14.7. The lowest BCUT2D eigenvalue weighted by Gasteiger charge is -2.38. The Morgan fingerprint density at radius 1 is 1.10 bits per heavy atom. The predicted octanol–water partition coefficient (Wildman–Crippen LogP) is 4.30. The first-order valence-electron chi connectivity index (χ1n) is 8.82. The highest BCUT2D eigenvalue weighted by atomic mass is 15.1. The second-order valence-corrected chi connectivity index (χ2v) is 8.03. The van der Waals surface area contributed by atoms with E-state index >= 15 is 0 Å². The molecule has 0 amide bonds. The van der Waals surface area contributed by atoms with E-state index in [2.05, 4.69) is 45.0 Å². The Morgan fingerprint density at radius 2 is 1.75 bits per heavy atom. The lowest BCUT2D eigenvalue weighted by atomic mass is 9.75. The van der Waals surface area contributed by atoms with Crippen molar-refractivity contribution in [3.8, 4) is 0 Å². The maximum atomic E-state index is 3.53. The Kier molecular flexibility index (Phi) is 8.13. The van der Waals surface area contributed by atoms with Gasteiger partial charge in [-0.15, -0.1) is 0 Å². The van der Waals surface area contributed by atoms with Crippen LogP contribution in [0.25, 0.3) is 0 Å². The van der Waals surface area contributed by atoms with Crippen LogP contribution in [0.15, 0.2) is 0 Å². The van der Waals surface area contributed by atoms with Gasteiger partial charge < -0.3 is 10.2 Å². The number of nitrogens with one attached hydrogen (secondary N) is 1. The van der Waals surface area contributed by atoms with Crippen LogP contribution in [0.3, 0.4) is 0 Å². The fourth-order valence-electron chi connectivity index (χ4n) is 3.19. The van der Waals surface area contributed by atoms with E-state index in [0.717, 1.165) is 18.5 Å². The third-order valence-corrected chi connectivity index (χ3v) is 4.85. The highest BCUT2D eigenvalue weighted by molar-refractivity contribution is 4.82. The number of hydrogen-bond donors (Lipinski definition) is 1. The monoisotopic (exact) mass is 282 g/mol. The first kappa shape index (κ1) is 18.0. The lowest BCUT2D eigenvalue weighted by Crippen LogP contribution is -2.37. The van der Waals surface area contributed by atoms with Crippen molar-refractivity contribution in [1.82, 2.24) is 10.2 Å². The molecule has 120 valence electrons. The zero-order chi connectivity index (χ0) is 15.0. The molecule has 1 N–H and O–H groups in total. The van der Waals surface area contributed by atoms with Crippen molar-refractivity contribution in [2.45, 2.75) is 78.7 Å². The summed E-state index contributed by atoms with van der Waals surface area (Å²) in [6.45, 7) is 13.0. The Labute approximate surface area is 127 Å². The van der Waals surface area contributed by atoms with Crippen LogP contribution < -0.4 is 5.32 Å². The average molecular weight is 283 g/mol. The molecule has 0 aromatic rings. The number of rotatable bonds is 9. The standard InChI is InChI=1S/C18H38N2/c1-16(2)15-19-13-7-6-8-14-20(5)17-9-11-18(3,4)12-10-17/h16-17,19H,6-15H2,1-5H3. The molecule has 0 bridgehead atoms. The molecule has 1 aliphatic rings. The van der Waals surface area contributed by atoms with Gasteiger partial charge in [0.1, 0.15) is 0 Å². The van der Waals surface area contributed by atoms with Crippen molar-refractivity contribution in [3.63, 3.8) is 0 Å². The van der Waals surface area contributed by atoms with Crippen molar-refractivity contribution in [1.29, 1.82) is 0 Å². The van der Waals surface area contributed by atoms with Gasteiger partial charge in [0.2, 0.25) is 0 Å². The van der Waals surface area contributed by atoms with Crippen molar-refractivity contribution in [2.24, 2.45) is 11.3 Å². The Balaban J connectivity index is 1.99. The molecular formula is C18H38N2. The fourth-order valence-corrected chi connectivity index (χ4v) is 3.19. The van der Waals surface area contributed by atoms with E-state index in [1.54, 1.807) is 0 Å². The summed E-state index contributed by atoms with van der Waals surface area (Å²) >= 11 is 0. The van der Waals surface area contributed by atoms with Gasteiger partial charge in [-0.3, -0.25) is 0 Å². The maximum Gasteiger partial charge on any atom is 0.00926 e. The Bertz CT molecular complexity index is 238. The first-order valence-corrected chi connectivity index (χ1v) is 8.82. The van der Waals surface area contributed by atoms with Crippen LogP contribution in [0.5, 0.6) is 0 Å². The summed E-state index contributed by atoms with van der Waals surface area (Å²) in [5, 5.41) is 3.53. The van der Waals surface area contributed by atoms with Crippen molar-refractivity contribution >= 4 is 0 Å². The predicted molar refractivity (Wildman–Crippen MR) is 90.2 cm³/mol. The SMILES string of the molecule is CC(C)CNCCCCCN(C)C1CCC(C)(C)CC1. The average Bonchev–Trinajstić information content (AvgIpc) is 2.37. The molecule has 0 aliphatic heterocycles. The molecule has 0 aromatic heterocycles. The van der Waals surface area contributed by atoms with Gasteiger partial charge in [0.05, 0.1) is 0 Å². The minimum Gasteiger partial charge on any atom is -0.316 e. The van der Waals surface area contributed by atoms with Gasteiger partial charge in [-0.2, -0.15) is 0 Å². The normalized spacial score (nSPS) is 19.9. The van der Waals surface area contributed by atoms with E-state index < -0.39 is 0 Å². The molecule has 2 heteroatoms. The van der Waals surface area contributed by atoms with Crippen molar-refractivity contribution in [3.05, 3.63) is 0 Å². The second-order valence-electron chi connectivity index (χ2n) is 8.03. The molecule has 0 aromatic carbocycles. The number of unbranched alkanes of at least 4 members (excludes halogenated alkanes) is 2. The van der Waals surface area contributed by atoms with Crippen molar-refractivity contribution < 1.29 is 0 Å². The zero-order valence-electron chi connectivity index (χ0n) is 14.7. The van der Waals surface area contributed by atoms with Gasteiger partial charge >= 0.3 is 0 Å². The largest absolute Gasteiger partial charge is 0.316 e. The molecule has 0 spiro atoms. The smallest absolute Gasteiger partial charge is 0.00926 e. The molecule has 0 radical (unpaired) electrons. The van der Waals surface area contributed by atoms with Gasteiger partial charge in [-0.05, 0) is 76.5 Å². The molecule has 0 heterocycles. The molecule has 0 atom stereocenters. The van der Waals surface area contributed by atoms with Gasteiger partial charge in [0.25, 0.3) is 0 Å². The molecule has 0 unspecified atom stereocenters. The third kappa shape index (κ3) is 7.64. The summed E-state index contributed by atoms with van der Waals surface area (Å²) in [5.41, 5.74) is 0.597. The summed E-state index contributed by atoms with van der Waals surface area (Å²) in [6.07, 6.45) is 9.67. The van der Waals surface area contributed by atoms with E-state index in [1.165, 1.54) is 58.0 Å². The van der Waals surface area contributed by atoms with Crippen LogP contribution in [-0.4, -0.2) is 37.6 Å². The molecule has 0 saturated heterocycles. The summed E-state index contributed by atoms with van der Waals surface area (Å²) in [7, 11) is 2.33. The van der Waals surface area contributed by atoms with E-state index in [-0.39, 0.29) is 0 Å². The van der Waals surface area contributed by atoms with E-state index in [9.17, 15) is 0 Å². The quantitative estimate of drug-likeness (QED) is 0.634. The number of hydrogen-bond acceptors (Lipinski definition) is 2. The van der Waals surface area contributed by atoms with Crippen LogP contribution in [-0.2, 0) is 0 Å². The molecular weight excluding hydrogens is 244 g/mol. The summed E-state index contributed by atoms with van der Waals surface area (Å²) < 4.78 is 0. The molecule has 1 rings (SSSR count).